The molecule has 0 fully saturated rings. The summed E-state index contributed by atoms with van der Waals surface area (Å²) in [6, 6.07) is 6.02. The van der Waals surface area contributed by atoms with Gasteiger partial charge in [-0.3, -0.25) is 19.7 Å². The minimum Gasteiger partial charge on any atom is -0.494 e. The van der Waals surface area contributed by atoms with Gasteiger partial charge in [0.15, 0.2) is 12.4 Å². The molecule has 0 heterocycles. The van der Waals surface area contributed by atoms with Crippen molar-refractivity contribution in [1.29, 1.82) is 0 Å². The van der Waals surface area contributed by atoms with Crippen LogP contribution in [0.4, 0.5) is 4.79 Å². The fourth-order valence-corrected chi connectivity index (χ4v) is 1.90. The maximum Gasteiger partial charge on any atom is 0.321 e. The number of hydrogen-bond acceptors (Lipinski definition) is 6. The van der Waals surface area contributed by atoms with Crippen LogP contribution in [-0.4, -0.2) is 43.4 Å². The van der Waals surface area contributed by atoms with Crippen LogP contribution in [0, 0.1) is 0 Å². The Labute approximate surface area is 152 Å². The molecule has 1 aromatic rings. The van der Waals surface area contributed by atoms with E-state index in [2.05, 4.69) is 5.32 Å². The fraction of sp³-hybridized carbons (Fsp3) is 0.444. The summed E-state index contributed by atoms with van der Waals surface area (Å²) in [5.74, 6) is -0.956. The van der Waals surface area contributed by atoms with Gasteiger partial charge in [0, 0.05) is 18.5 Å². The van der Waals surface area contributed by atoms with Crippen LogP contribution in [0.5, 0.6) is 5.75 Å². The van der Waals surface area contributed by atoms with E-state index in [4.69, 9.17) is 9.47 Å². The zero-order valence-corrected chi connectivity index (χ0v) is 15.0. The number of amides is 3. The molecular formula is C18H24N2O6. The molecule has 0 radical (unpaired) electrons. The predicted octanol–water partition coefficient (Wildman–Crippen LogP) is 1.83. The van der Waals surface area contributed by atoms with Crippen molar-refractivity contribution in [3.63, 3.8) is 0 Å². The maximum atomic E-state index is 12.0. The molecule has 142 valence electrons. The number of hydrogen-bond donors (Lipinski definition) is 2. The summed E-state index contributed by atoms with van der Waals surface area (Å²) in [6.07, 6.45) is 0.706. The summed E-state index contributed by atoms with van der Waals surface area (Å²) in [4.78, 5) is 46.1. The van der Waals surface area contributed by atoms with Gasteiger partial charge in [0.05, 0.1) is 13.0 Å². The van der Waals surface area contributed by atoms with E-state index in [1.54, 1.807) is 31.2 Å². The van der Waals surface area contributed by atoms with Crippen LogP contribution in [0.15, 0.2) is 24.3 Å². The summed E-state index contributed by atoms with van der Waals surface area (Å²) >= 11 is 0. The Morgan fingerprint density at radius 3 is 2.31 bits per heavy atom. The van der Waals surface area contributed by atoms with Gasteiger partial charge in [0.1, 0.15) is 5.75 Å². The highest BCUT2D eigenvalue weighted by molar-refractivity contribution is 5.98. The van der Waals surface area contributed by atoms with Crippen molar-refractivity contribution < 1.29 is 28.7 Å². The van der Waals surface area contributed by atoms with Crippen LogP contribution in [0.1, 0.15) is 43.5 Å². The summed E-state index contributed by atoms with van der Waals surface area (Å²) < 4.78 is 10.2. The highest BCUT2D eigenvalue weighted by Crippen LogP contribution is 2.14. The van der Waals surface area contributed by atoms with E-state index in [1.807, 2.05) is 12.2 Å². The molecule has 0 aromatic heterocycles. The average Bonchev–Trinajstić information content (AvgIpc) is 2.63. The molecule has 2 N–H and O–H groups in total. The lowest BCUT2D eigenvalue weighted by Crippen LogP contribution is -2.41. The number of Topliss-reactive ketones (excluding diaryl/α,β-unsaturated/α-hetero) is 1. The lowest BCUT2D eigenvalue weighted by Gasteiger charge is -2.07. The first-order chi connectivity index (χ1) is 12.5. The third-order valence-corrected chi connectivity index (χ3v) is 3.16. The lowest BCUT2D eigenvalue weighted by molar-refractivity contribution is -0.148. The third-order valence-electron chi connectivity index (χ3n) is 3.16. The van der Waals surface area contributed by atoms with E-state index >= 15 is 0 Å². The number of carbonyl (C=O) groups excluding carboxylic acids is 4. The molecule has 26 heavy (non-hydrogen) atoms. The van der Waals surface area contributed by atoms with Crippen LogP contribution >= 0.6 is 0 Å². The van der Waals surface area contributed by atoms with Crippen molar-refractivity contribution in [2.75, 3.05) is 19.8 Å². The highest BCUT2D eigenvalue weighted by atomic mass is 16.5. The van der Waals surface area contributed by atoms with Gasteiger partial charge in [-0.2, -0.15) is 0 Å². The van der Waals surface area contributed by atoms with Gasteiger partial charge in [0.2, 0.25) is 0 Å². The van der Waals surface area contributed by atoms with Crippen molar-refractivity contribution in [3.05, 3.63) is 29.8 Å². The van der Waals surface area contributed by atoms with Crippen LogP contribution < -0.4 is 15.4 Å². The van der Waals surface area contributed by atoms with Crippen LogP contribution in [0.25, 0.3) is 0 Å². The molecule has 0 aliphatic heterocycles. The SMILES string of the molecule is CCCOc1ccc(C(=O)CCC(=O)OCC(=O)NC(=O)NCC)cc1. The second kappa shape index (κ2) is 11.6. The summed E-state index contributed by atoms with van der Waals surface area (Å²) in [7, 11) is 0. The predicted molar refractivity (Wildman–Crippen MR) is 94.0 cm³/mol. The molecule has 1 rings (SSSR count). The van der Waals surface area contributed by atoms with Gasteiger partial charge >= 0.3 is 12.0 Å². The van der Waals surface area contributed by atoms with Crippen LogP contribution in [0.3, 0.4) is 0 Å². The first-order valence-corrected chi connectivity index (χ1v) is 8.45. The first kappa shape index (κ1) is 21.1. The van der Waals surface area contributed by atoms with Gasteiger partial charge in [-0.15, -0.1) is 0 Å². The fourth-order valence-electron chi connectivity index (χ4n) is 1.90. The number of urea groups is 1. The number of rotatable bonds is 10. The molecule has 0 saturated carbocycles. The van der Waals surface area contributed by atoms with Gasteiger partial charge < -0.3 is 14.8 Å². The minimum atomic E-state index is -0.738. The molecule has 0 aliphatic rings. The summed E-state index contributed by atoms with van der Waals surface area (Å²) in [5, 5.41) is 4.37. The zero-order chi connectivity index (χ0) is 19.4. The van der Waals surface area contributed by atoms with Crippen LogP contribution in [0.2, 0.25) is 0 Å². The van der Waals surface area contributed by atoms with E-state index in [1.165, 1.54) is 0 Å². The number of ketones is 1. The number of nitrogens with one attached hydrogen (secondary N) is 2. The van der Waals surface area contributed by atoms with Crippen LogP contribution in [-0.2, 0) is 14.3 Å². The van der Waals surface area contributed by atoms with E-state index < -0.39 is 24.5 Å². The Balaban J connectivity index is 2.32. The maximum absolute atomic E-state index is 12.0. The standard InChI is InChI=1S/C18H24N2O6/c1-3-11-25-14-7-5-13(6-8-14)15(21)9-10-17(23)26-12-16(22)20-18(24)19-4-2/h5-8H,3-4,9-12H2,1-2H3,(H2,19,20,22,24). The smallest absolute Gasteiger partial charge is 0.321 e. The molecule has 0 unspecified atom stereocenters. The van der Waals surface area contributed by atoms with Gasteiger partial charge in [-0.1, -0.05) is 6.92 Å². The topological polar surface area (TPSA) is 111 Å². The van der Waals surface area contributed by atoms with Crippen molar-refractivity contribution in [2.24, 2.45) is 0 Å². The Morgan fingerprint density at radius 2 is 1.69 bits per heavy atom. The number of esters is 1. The Kier molecular flexibility index (Phi) is 9.45. The Hall–Kier alpha value is -2.90. The van der Waals surface area contributed by atoms with Gasteiger partial charge in [-0.05, 0) is 37.6 Å². The van der Waals surface area contributed by atoms with Gasteiger partial charge in [0.25, 0.3) is 5.91 Å². The molecule has 8 nitrogen and oxygen atoms in total. The minimum absolute atomic E-state index is 0.0358. The Morgan fingerprint density at radius 1 is 1.00 bits per heavy atom. The number of benzene rings is 1. The van der Waals surface area contributed by atoms with E-state index in [0.29, 0.717) is 24.5 Å². The number of ether oxygens (including phenoxy) is 2. The molecule has 0 atom stereocenters. The molecule has 3 amide bonds. The second-order valence-corrected chi connectivity index (χ2v) is 5.36. The summed E-state index contributed by atoms with van der Waals surface area (Å²) in [5.41, 5.74) is 0.468. The number of imide groups is 1. The molecule has 8 heteroatoms. The number of carbonyl (C=O) groups is 4. The van der Waals surface area contributed by atoms with Crippen molar-refractivity contribution >= 4 is 23.7 Å². The first-order valence-electron chi connectivity index (χ1n) is 8.45. The van der Waals surface area contributed by atoms with Crippen molar-refractivity contribution in [2.45, 2.75) is 33.1 Å². The van der Waals surface area contributed by atoms with E-state index in [-0.39, 0.29) is 18.6 Å². The average molecular weight is 364 g/mol. The zero-order valence-electron chi connectivity index (χ0n) is 15.0. The van der Waals surface area contributed by atoms with E-state index in [0.717, 1.165) is 6.42 Å². The highest BCUT2D eigenvalue weighted by Gasteiger charge is 2.13. The van der Waals surface area contributed by atoms with E-state index in [9.17, 15) is 19.2 Å². The largest absolute Gasteiger partial charge is 0.494 e. The quantitative estimate of drug-likeness (QED) is 0.484. The Bertz CT molecular complexity index is 627. The molecule has 0 spiro atoms. The van der Waals surface area contributed by atoms with Crippen molar-refractivity contribution in [1.82, 2.24) is 10.6 Å². The summed E-state index contributed by atoms with van der Waals surface area (Å²) in [6.45, 7) is 4.10. The van der Waals surface area contributed by atoms with Gasteiger partial charge in [-0.25, -0.2) is 4.79 Å². The lowest BCUT2D eigenvalue weighted by atomic mass is 10.1. The molecule has 0 bridgehead atoms. The molecule has 0 aliphatic carbocycles. The molecular weight excluding hydrogens is 340 g/mol. The van der Waals surface area contributed by atoms with Crippen molar-refractivity contribution in [3.8, 4) is 5.75 Å². The molecule has 1 aromatic carbocycles. The second-order valence-electron chi connectivity index (χ2n) is 5.36. The normalized spacial score (nSPS) is 9.92. The third kappa shape index (κ3) is 8.27. The molecule has 0 saturated heterocycles. The monoisotopic (exact) mass is 364 g/mol.